The maximum atomic E-state index is 13.9. The summed E-state index contributed by atoms with van der Waals surface area (Å²) >= 11 is 0. The van der Waals surface area contributed by atoms with Gasteiger partial charge < -0.3 is 10.3 Å². The van der Waals surface area contributed by atoms with Crippen LogP contribution in [-0.4, -0.2) is 10.4 Å². The second-order valence-electron chi connectivity index (χ2n) is 7.29. The number of carbonyl (C=O) groups excluding carboxylic acids is 1. The molecule has 0 atom stereocenters. The average Bonchev–Trinajstić information content (AvgIpc) is 3.07. The van der Waals surface area contributed by atoms with E-state index in [9.17, 15) is 22.4 Å². The van der Waals surface area contributed by atoms with Gasteiger partial charge in [0, 0.05) is 29.9 Å². The number of hydrogen-bond acceptors (Lipinski definition) is 2. The topological polar surface area (TPSA) is 51.9 Å². The zero-order valence-corrected chi connectivity index (χ0v) is 16.4. The van der Waals surface area contributed by atoms with Crippen LogP contribution in [0.2, 0.25) is 0 Å². The fourth-order valence-electron chi connectivity index (χ4n) is 3.63. The molecule has 0 aliphatic rings. The fourth-order valence-corrected chi connectivity index (χ4v) is 3.63. The quantitative estimate of drug-likeness (QED) is 0.290. The molecule has 2 aromatic heterocycles. The summed E-state index contributed by atoms with van der Waals surface area (Å²) in [6.45, 7) is -0.389. The summed E-state index contributed by atoms with van der Waals surface area (Å²) in [5, 5.41) is 0.879. The number of anilines is 1. The number of Topliss-reactive ketones (excluding diaryl/α,β-unsaturated/α-hetero) is 1. The molecule has 4 rings (SSSR count). The van der Waals surface area contributed by atoms with Gasteiger partial charge in [0.2, 0.25) is 18.0 Å². The van der Waals surface area contributed by atoms with E-state index in [1.54, 1.807) is 29.8 Å². The second kappa shape index (κ2) is 7.54. The minimum Gasteiger partial charge on any atom is -0.394 e. The Bertz CT molecular complexity index is 1290. The van der Waals surface area contributed by atoms with Crippen molar-refractivity contribution in [3.8, 4) is 11.3 Å². The number of nitrogens with two attached hydrogens (primary N) is 1. The smallest absolute Gasteiger partial charge is 0.394 e. The lowest BCUT2D eigenvalue weighted by Gasteiger charge is -2.13. The van der Waals surface area contributed by atoms with Crippen molar-refractivity contribution in [2.75, 3.05) is 5.73 Å². The SMILES string of the molecule is Cn1ccc2ccc(-c3c(C(F)(F)F)cc(N)c[n+]3CC(=O)c3ccc(F)cc3)cc21. The predicted octanol–water partition coefficient (Wildman–Crippen LogP) is 4.76. The monoisotopic (exact) mass is 428 g/mol. The molecule has 0 bridgehead atoms. The number of ketones is 1. The summed E-state index contributed by atoms with van der Waals surface area (Å²) in [5.74, 6) is -0.978. The number of benzene rings is 2. The van der Waals surface area contributed by atoms with Crippen molar-refractivity contribution in [1.82, 2.24) is 4.57 Å². The van der Waals surface area contributed by atoms with Gasteiger partial charge in [0.1, 0.15) is 11.4 Å². The molecule has 4 aromatic rings. The Hall–Kier alpha value is -3.68. The normalized spacial score (nSPS) is 11.8. The van der Waals surface area contributed by atoms with Gasteiger partial charge in [-0.15, -0.1) is 0 Å². The largest absolute Gasteiger partial charge is 0.422 e. The molecule has 158 valence electrons. The van der Waals surface area contributed by atoms with E-state index in [1.165, 1.54) is 22.9 Å². The standard InChI is InChI=1S/C23H18F4N3O/c1-29-9-8-14-2-3-16(10-20(14)29)22-19(23(25,26)27)11-18(28)12-30(22)13-21(31)15-4-6-17(24)7-5-15/h2-12H,13,28H2,1H3/q+1. The summed E-state index contributed by atoms with van der Waals surface area (Å²) in [4.78, 5) is 12.7. The first-order chi connectivity index (χ1) is 14.6. The molecule has 0 fully saturated rings. The second-order valence-corrected chi connectivity index (χ2v) is 7.29. The van der Waals surface area contributed by atoms with Crippen LogP contribution in [0.15, 0.2) is 67.0 Å². The van der Waals surface area contributed by atoms with Crippen LogP contribution in [0.1, 0.15) is 15.9 Å². The highest BCUT2D eigenvalue weighted by molar-refractivity contribution is 5.95. The molecule has 0 aliphatic carbocycles. The minimum atomic E-state index is -4.69. The molecule has 0 saturated heterocycles. The van der Waals surface area contributed by atoms with Gasteiger partial charge >= 0.3 is 6.18 Å². The molecule has 8 heteroatoms. The number of aromatic nitrogens is 2. The Kier molecular flexibility index (Phi) is 5.00. The van der Waals surface area contributed by atoms with Crippen molar-refractivity contribution >= 4 is 22.4 Å². The summed E-state index contributed by atoms with van der Waals surface area (Å²) in [6.07, 6.45) is -1.57. The third kappa shape index (κ3) is 4.01. The molecule has 0 aliphatic heterocycles. The van der Waals surface area contributed by atoms with Gasteiger partial charge in [-0.2, -0.15) is 17.7 Å². The molecule has 4 nitrogen and oxygen atoms in total. The van der Waals surface area contributed by atoms with Gasteiger partial charge in [0.15, 0.2) is 6.20 Å². The average molecular weight is 428 g/mol. The fraction of sp³-hybridized carbons (Fsp3) is 0.130. The third-order valence-corrected chi connectivity index (χ3v) is 5.11. The molecular formula is C23H18F4N3O+. The van der Waals surface area contributed by atoms with Crippen LogP contribution in [0, 0.1) is 5.82 Å². The van der Waals surface area contributed by atoms with Crippen LogP contribution < -0.4 is 10.3 Å². The molecule has 0 radical (unpaired) electrons. The lowest BCUT2D eigenvalue weighted by Crippen LogP contribution is -2.42. The lowest BCUT2D eigenvalue weighted by molar-refractivity contribution is -0.672. The molecule has 31 heavy (non-hydrogen) atoms. The first-order valence-corrected chi connectivity index (χ1v) is 9.38. The van der Waals surface area contributed by atoms with Gasteiger partial charge in [0.25, 0.3) is 0 Å². The van der Waals surface area contributed by atoms with E-state index < -0.39 is 23.3 Å². The summed E-state index contributed by atoms with van der Waals surface area (Å²) in [7, 11) is 1.80. The number of fused-ring (bicyclic) bond motifs is 1. The minimum absolute atomic E-state index is 0.122. The van der Waals surface area contributed by atoms with Gasteiger partial charge in [0.05, 0.1) is 5.69 Å². The Morgan fingerprint density at radius 3 is 2.45 bits per heavy atom. The van der Waals surface area contributed by atoms with Gasteiger partial charge in [-0.3, -0.25) is 4.79 Å². The van der Waals surface area contributed by atoms with Crippen molar-refractivity contribution < 1.29 is 26.9 Å². The number of nitrogen functional groups attached to an aromatic ring is 1. The molecule has 0 amide bonds. The first kappa shape index (κ1) is 20.6. The van der Waals surface area contributed by atoms with Crippen LogP contribution >= 0.6 is 0 Å². The number of carbonyl (C=O) groups is 1. The predicted molar refractivity (Wildman–Crippen MR) is 109 cm³/mol. The maximum absolute atomic E-state index is 13.9. The zero-order valence-electron chi connectivity index (χ0n) is 16.4. The third-order valence-electron chi connectivity index (χ3n) is 5.11. The molecule has 0 spiro atoms. The molecular weight excluding hydrogens is 410 g/mol. The Labute approximate surface area is 175 Å². The molecule has 2 N–H and O–H groups in total. The molecule has 2 heterocycles. The van der Waals surface area contributed by atoms with Crippen LogP contribution in [0.4, 0.5) is 23.2 Å². The van der Waals surface area contributed by atoms with Crippen molar-refractivity contribution in [1.29, 1.82) is 0 Å². The van der Waals surface area contributed by atoms with E-state index in [0.717, 1.165) is 29.1 Å². The van der Waals surface area contributed by atoms with Crippen molar-refractivity contribution in [2.24, 2.45) is 7.05 Å². The van der Waals surface area contributed by atoms with E-state index in [2.05, 4.69) is 0 Å². The van der Waals surface area contributed by atoms with Crippen molar-refractivity contribution in [2.45, 2.75) is 12.7 Å². The van der Waals surface area contributed by atoms with E-state index in [1.807, 2.05) is 12.3 Å². The number of pyridine rings is 1. The summed E-state index contributed by atoms with van der Waals surface area (Å²) in [6, 6.07) is 12.5. The lowest BCUT2D eigenvalue weighted by atomic mass is 10.0. The molecule has 0 saturated carbocycles. The Morgan fingerprint density at radius 1 is 1.06 bits per heavy atom. The van der Waals surface area contributed by atoms with Crippen molar-refractivity contribution in [3.05, 3.63) is 83.9 Å². The van der Waals surface area contributed by atoms with Gasteiger partial charge in [-0.05, 0) is 53.9 Å². The van der Waals surface area contributed by atoms with Crippen LogP contribution in [0.25, 0.3) is 22.2 Å². The summed E-state index contributed by atoms with van der Waals surface area (Å²) < 4.78 is 58.0. The van der Waals surface area contributed by atoms with E-state index in [4.69, 9.17) is 5.73 Å². The summed E-state index contributed by atoms with van der Waals surface area (Å²) in [5.41, 5.74) is 5.76. The highest BCUT2D eigenvalue weighted by atomic mass is 19.4. The number of rotatable bonds is 4. The zero-order chi connectivity index (χ0) is 22.3. The van der Waals surface area contributed by atoms with Crippen LogP contribution in [-0.2, 0) is 19.8 Å². The van der Waals surface area contributed by atoms with E-state index in [0.29, 0.717) is 5.56 Å². The van der Waals surface area contributed by atoms with Gasteiger partial charge in [-0.1, -0.05) is 6.07 Å². The van der Waals surface area contributed by atoms with Crippen LogP contribution in [0.5, 0.6) is 0 Å². The highest BCUT2D eigenvalue weighted by Gasteiger charge is 2.40. The van der Waals surface area contributed by atoms with Crippen molar-refractivity contribution in [3.63, 3.8) is 0 Å². The Balaban J connectivity index is 1.89. The number of alkyl halides is 3. The molecule has 2 aromatic carbocycles. The number of hydrogen-bond donors (Lipinski definition) is 1. The maximum Gasteiger partial charge on any atom is 0.422 e. The first-order valence-electron chi connectivity index (χ1n) is 9.38. The number of halogens is 4. The van der Waals surface area contributed by atoms with Crippen LogP contribution in [0.3, 0.4) is 0 Å². The van der Waals surface area contributed by atoms with E-state index in [-0.39, 0.29) is 23.5 Å². The highest BCUT2D eigenvalue weighted by Crippen LogP contribution is 2.37. The number of nitrogens with zero attached hydrogens (tertiary/aromatic N) is 2. The number of aryl methyl sites for hydroxylation is 1. The van der Waals surface area contributed by atoms with E-state index >= 15 is 0 Å². The van der Waals surface area contributed by atoms with Gasteiger partial charge in [-0.25, -0.2) is 4.39 Å². The Morgan fingerprint density at radius 2 is 1.77 bits per heavy atom. The molecule has 0 unspecified atom stereocenters.